The summed E-state index contributed by atoms with van der Waals surface area (Å²) in [5, 5.41) is 9.90. The average molecular weight is 721 g/mol. The lowest BCUT2D eigenvalue weighted by Crippen LogP contribution is -2.51. The molecule has 3 heterocycles. The van der Waals surface area contributed by atoms with Gasteiger partial charge in [-0.1, -0.05) is 37.8 Å². The first-order valence-electron chi connectivity index (χ1n) is 17.8. The topological polar surface area (TPSA) is 183 Å². The summed E-state index contributed by atoms with van der Waals surface area (Å²) in [7, 11) is 2.54. The normalized spacial score (nSPS) is 14.6. The molecule has 0 spiro atoms. The van der Waals surface area contributed by atoms with Crippen LogP contribution >= 0.6 is 0 Å². The van der Waals surface area contributed by atoms with E-state index in [1.165, 1.54) is 14.2 Å². The third kappa shape index (κ3) is 8.69. The van der Waals surface area contributed by atoms with Gasteiger partial charge < -0.3 is 40.3 Å². The van der Waals surface area contributed by atoms with Crippen molar-refractivity contribution in [2.75, 3.05) is 33.9 Å². The number of nitrogens with zero attached hydrogens (tertiary/aromatic N) is 3. The Balaban J connectivity index is 1.09. The fraction of sp³-hybridized carbons (Fsp3) is 0.385. The van der Waals surface area contributed by atoms with E-state index in [2.05, 4.69) is 54.6 Å². The molecule has 2 unspecified atom stereocenters. The first-order chi connectivity index (χ1) is 25.6. The molecule has 14 nitrogen and oxygen atoms in total. The predicted octanol–water partition coefficient (Wildman–Crippen LogP) is 4.83. The van der Waals surface area contributed by atoms with Crippen molar-refractivity contribution in [3.05, 3.63) is 71.3 Å². The molecule has 276 valence electrons. The van der Waals surface area contributed by atoms with Crippen LogP contribution in [0.15, 0.2) is 48.5 Å². The number of alkyl carbamates (subject to hydrolysis) is 2. The van der Waals surface area contributed by atoms with Gasteiger partial charge in [-0.05, 0) is 73.4 Å². The average Bonchev–Trinajstić information content (AvgIpc) is 3.92. The minimum absolute atomic E-state index is 0.108. The highest BCUT2D eigenvalue weighted by atomic mass is 16.5. The summed E-state index contributed by atoms with van der Waals surface area (Å²) in [5.74, 6) is 7.66. The Morgan fingerprint density at radius 1 is 0.906 bits per heavy atom. The van der Waals surface area contributed by atoms with Crippen molar-refractivity contribution in [3.63, 3.8) is 0 Å². The number of aromatic amines is 2. The number of H-pyrrole nitrogens is 2. The van der Waals surface area contributed by atoms with Crippen molar-refractivity contribution < 1.29 is 28.7 Å². The van der Waals surface area contributed by atoms with Crippen LogP contribution in [-0.2, 0) is 25.5 Å². The summed E-state index contributed by atoms with van der Waals surface area (Å²) in [5.41, 5.74) is 5.21. The van der Waals surface area contributed by atoms with Gasteiger partial charge in [0.25, 0.3) is 0 Å². The van der Waals surface area contributed by atoms with Gasteiger partial charge in [0, 0.05) is 36.0 Å². The largest absolute Gasteiger partial charge is 0.453 e. The molecule has 3 aromatic carbocycles. The first kappa shape index (κ1) is 36.7. The quantitative estimate of drug-likeness (QED) is 0.0950. The van der Waals surface area contributed by atoms with E-state index in [1.54, 1.807) is 4.90 Å². The number of aromatic nitrogens is 4. The molecule has 0 radical (unpaired) electrons. The summed E-state index contributed by atoms with van der Waals surface area (Å²) in [6, 6.07) is 15.1. The highest BCUT2D eigenvalue weighted by Crippen LogP contribution is 2.33. The summed E-state index contributed by atoms with van der Waals surface area (Å²) >= 11 is 0. The third-order valence-electron chi connectivity index (χ3n) is 9.35. The smallest absolute Gasteiger partial charge is 0.407 e. The minimum Gasteiger partial charge on any atom is -0.453 e. The second-order valence-corrected chi connectivity index (χ2v) is 13.4. The molecule has 5 aromatic rings. The maximum absolute atomic E-state index is 13.5. The Kier molecular flexibility index (Phi) is 11.4. The van der Waals surface area contributed by atoms with E-state index in [9.17, 15) is 19.2 Å². The van der Waals surface area contributed by atoms with E-state index >= 15 is 0 Å². The van der Waals surface area contributed by atoms with Crippen LogP contribution in [0.3, 0.4) is 0 Å². The zero-order valence-corrected chi connectivity index (χ0v) is 30.3. The van der Waals surface area contributed by atoms with Gasteiger partial charge in [-0.3, -0.25) is 9.59 Å². The van der Waals surface area contributed by atoms with Gasteiger partial charge in [-0.25, -0.2) is 19.6 Å². The molecule has 4 amide bonds. The lowest BCUT2D eigenvalue weighted by Gasteiger charge is -2.29. The number of benzene rings is 3. The van der Waals surface area contributed by atoms with Crippen molar-refractivity contribution >= 4 is 56.8 Å². The van der Waals surface area contributed by atoms with Crippen molar-refractivity contribution in [1.29, 1.82) is 0 Å². The molecule has 53 heavy (non-hydrogen) atoms. The Hall–Kier alpha value is -6.10. The van der Waals surface area contributed by atoms with E-state index in [4.69, 9.17) is 14.7 Å². The summed E-state index contributed by atoms with van der Waals surface area (Å²) in [6.07, 6.45) is 2.69. The van der Waals surface area contributed by atoms with Crippen LogP contribution in [-0.4, -0.2) is 88.7 Å². The maximum atomic E-state index is 13.5. The molecule has 0 saturated carbocycles. The van der Waals surface area contributed by atoms with Crippen LogP contribution in [0.25, 0.3) is 32.8 Å². The van der Waals surface area contributed by atoms with Gasteiger partial charge in [0.15, 0.2) is 0 Å². The number of ether oxygens (including phenoxy) is 2. The van der Waals surface area contributed by atoms with Crippen molar-refractivity contribution in [2.45, 2.75) is 58.0 Å². The number of unbranched alkanes of at least 4 members (excludes halogenated alkanes) is 1. The third-order valence-corrected chi connectivity index (χ3v) is 9.35. The predicted molar refractivity (Wildman–Crippen MR) is 200 cm³/mol. The van der Waals surface area contributed by atoms with Crippen LogP contribution in [0, 0.1) is 17.8 Å². The summed E-state index contributed by atoms with van der Waals surface area (Å²) in [4.78, 5) is 66.7. The van der Waals surface area contributed by atoms with Crippen LogP contribution < -0.4 is 16.0 Å². The SMILES string of the molecule is COC(=O)NCC(=O)NCCCCc1nc2c(ccc3cc(C#Cc4ccc5nc(C6CCCN6C(=O)C(NC(=O)OC)C(C)C)[nH]c5c4)ccc32)[nH]1. The second kappa shape index (κ2) is 16.5. The monoisotopic (exact) mass is 720 g/mol. The fourth-order valence-corrected chi connectivity index (χ4v) is 6.58. The molecule has 6 rings (SSSR count). The van der Waals surface area contributed by atoms with Gasteiger partial charge in [0.05, 0.1) is 48.9 Å². The zero-order chi connectivity index (χ0) is 37.5. The van der Waals surface area contributed by atoms with Crippen LogP contribution in [0.2, 0.25) is 0 Å². The van der Waals surface area contributed by atoms with Crippen molar-refractivity contribution in [3.8, 4) is 11.8 Å². The van der Waals surface area contributed by atoms with Crippen LogP contribution in [0.5, 0.6) is 0 Å². The molecule has 2 aromatic heterocycles. The molecule has 14 heteroatoms. The first-order valence-corrected chi connectivity index (χ1v) is 17.8. The lowest BCUT2D eigenvalue weighted by molar-refractivity contribution is -0.135. The van der Waals surface area contributed by atoms with E-state index in [0.29, 0.717) is 18.9 Å². The standard InChI is InChI=1S/C39H44N8O6/c1-23(2)34(46-39(51)53-4)37(49)47-19-7-8-31(47)36-43-28-16-13-25(21-30(28)44-36)11-10-24-12-15-27-26(20-24)14-17-29-35(27)45-32(42-29)9-5-6-18-40-33(48)22-41-38(50)52-3/h12-17,20-21,23,31,34H,5-9,18-19,22H2,1-4H3,(H,40,48)(H,41,50)(H,42,45)(H,43,44)(H,46,51). The number of imidazole rings is 2. The van der Waals surface area contributed by atoms with Crippen molar-refractivity contribution in [1.82, 2.24) is 40.8 Å². The zero-order valence-electron chi connectivity index (χ0n) is 30.3. The van der Waals surface area contributed by atoms with Gasteiger partial charge >= 0.3 is 12.2 Å². The number of rotatable bonds is 11. The lowest BCUT2D eigenvalue weighted by atomic mass is 10.0. The molecule has 1 fully saturated rings. The number of methoxy groups -OCH3 is 2. The Morgan fingerprint density at radius 2 is 1.68 bits per heavy atom. The molecule has 2 atom stereocenters. The highest BCUT2D eigenvalue weighted by molar-refractivity contribution is 6.04. The number of likely N-dealkylation sites (tertiary alicyclic amines) is 1. The van der Waals surface area contributed by atoms with Gasteiger partial charge in [0.2, 0.25) is 11.8 Å². The number of hydrogen-bond donors (Lipinski definition) is 5. The molecule has 1 saturated heterocycles. The van der Waals surface area contributed by atoms with Gasteiger partial charge in [-0.15, -0.1) is 0 Å². The number of carbonyl (C=O) groups excluding carboxylic acids is 4. The fourth-order valence-electron chi connectivity index (χ4n) is 6.58. The number of carbonyl (C=O) groups is 4. The molecule has 0 bridgehead atoms. The summed E-state index contributed by atoms with van der Waals surface area (Å²) in [6.45, 7) is 4.77. The summed E-state index contributed by atoms with van der Waals surface area (Å²) < 4.78 is 9.21. The van der Waals surface area contributed by atoms with E-state index in [-0.39, 0.29) is 30.3 Å². The molecule has 0 aliphatic carbocycles. The maximum Gasteiger partial charge on any atom is 0.407 e. The number of fused-ring (bicyclic) bond motifs is 4. The van der Waals surface area contributed by atoms with Crippen LogP contribution in [0.4, 0.5) is 9.59 Å². The number of nitrogens with one attached hydrogen (secondary N) is 5. The minimum atomic E-state index is -0.693. The van der Waals surface area contributed by atoms with Crippen molar-refractivity contribution in [2.24, 2.45) is 5.92 Å². The molecular weight excluding hydrogens is 676 g/mol. The van der Waals surface area contributed by atoms with E-state index < -0.39 is 18.2 Å². The van der Waals surface area contributed by atoms with E-state index in [0.717, 1.165) is 81.9 Å². The van der Waals surface area contributed by atoms with Crippen LogP contribution in [0.1, 0.15) is 68.3 Å². The van der Waals surface area contributed by atoms with Gasteiger partial charge in [0.1, 0.15) is 17.7 Å². The second-order valence-electron chi connectivity index (χ2n) is 13.4. The Bertz CT molecular complexity index is 2210. The molecular formula is C39H44N8O6. The number of hydrogen-bond acceptors (Lipinski definition) is 8. The molecule has 5 N–H and O–H groups in total. The molecule has 1 aliphatic rings. The van der Waals surface area contributed by atoms with E-state index in [1.807, 2.05) is 50.2 Å². The number of aryl methyl sites for hydroxylation is 1. The number of amides is 4. The van der Waals surface area contributed by atoms with Gasteiger partial charge in [-0.2, -0.15) is 0 Å². The Labute approximate surface area is 306 Å². The Morgan fingerprint density at radius 3 is 2.45 bits per heavy atom. The highest BCUT2D eigenvalue weighted by Gasteiger charge is 2.37. The molecule has 1 aliphatic heterocycles.